The number of rotatable bonds is 1. The van der Waals surface area contributed by atoms with Crippen molar-refractivity contribution in [1.29, 1.82) is 0 Å². The third-order valence-electron chi connectivity index (χ3n) is 0.220. The quantitative estimate of drug-likeness (QED) is 0.647. The molecule has 0 amide bonds. The van der Waals surface area contributed by atoms with Gasteiger partial charge in [-0.15, -0.1) is 0 Å². The van der Waals surface area contributed by atoms with Crippen molar-refractivity contribution in [2.45, 2.75) is 0 Å². The molecule has 0 saturated carbocycles. The number of hydrogen-bond donors (Lipinski definition) is 0. The lowest BCUT2D eigenvalue weighted by Gasteiger charge is -1.78. The van der Waals surface area contributed by atoms with Gasteiger partial charge in [0.25, 0.3) is 0 Å². The first kappa shape index (κ1) is 7.18. The summed E-state index contributed by atoms with van der Waals surface area (Å²) in [5, 5.41) is 0.818. The van der Waals surface area contributed by atoms with Crippen molar-refractivity contribution < 1.29 is 0 Å². The highest BCUT2D eigenvalue weighted by atomic mass is 79.9. The average molecular weight is 278 g/mol. The Morgan fingerprint density at radius 3 is 2.17 bits per heavy atom. The first-order valence-corrected chi connectivity index (χ1v) is 3.96. The average Bonchev–Trinajstić information content (AvgIpc) is 1.65. The first-order valence-electron chi connectivity index (χ1n) is 1.25. The van der Waals surface area contributed by atoms with Crippen molar-refractivity contribution in [3.05, 3.63) is 9.47 Å². The van der Waals surface area contributed by atoms with E-state index in [0.29, 0.717) is 0 Å². The molecular formula is C3H2Br3. The van der Waals surface area contributed by atoms with Gasteiger partial charge in [-0.1, -0.05) is 31.9 Å². The molecule has 0 fully saturated rings. The zero-order valence-electron chi connectivity index (χ0n) is 2.84. The molecule has 0 aromatic heterocycles. The maximum Gasteiger partial charge on any atom is 0.0435 e. The third kappa shape index (κ3) is 3.37. The molecule has 1 radical (unpaired) electrons. The van der Waals surface area contributed by atoms with Crippen LogP contribution in [0.15, 0.2) is 4.48 Å². The standard InChI is InChI=1S/C3H2Br3/c4-1-3(6)2-5/h1H2. The van der Waals surface area contributed by atoms with E-state index in [1.54, 1.807) is 0 Å². The van der Waals surface area contributed by atoms with E-state index in [-0.39, 0.29) is 0 Å². The van der Waals surface area contributed by atoms with Gasteiger partial charge in [-0.25, -0.2) is 0 Å². The highest BCUT2D eigenvalue weighted by molar-refractivity contribution is 9.14. The number of halogens is 3. The SMILES string of the molecule is Br/[C]=C(\Br)CBr. The van der Waals surface area contributed by atoms with Crippen molar-refractivity contribution in [2.24, 2.45) is 0 Å². The van der Waals surface area contributed by atoms with Crippen LogP contribution in [0, 0.1) is 4.99 Å². The first-order chi connectivity index (χ1) is 2.81. The molecule has 0 bridgehead atoms. The van der Waals surface area contributed by atoms with E-state index in [2.05, 4.69) is 52.8 Å². The van der Waals surface area contributed by atoms with E-state index in [0.717, 1.165) is 9.81 Å². The fraction of sp³-hybridized carbons (Fsp3) is 0.333. The van der Waals surface area contributed by atoms with Gasteiger partial charge in [0.1, 0.15) is 0 Å². The Labute approximate surface area is 62.4 Å². The van der Waals surface area contributed by atoms with Crippen LogP contribution in [0.1, 0.15) is 0 Å². The molecule has 0 N–H and O–H groups in total. The van der Waals surface area contributed by atoms with Gasteiger partial charge in [0, 0.05) is 14.8 Å². The second-order valence-corrected chi connectivity index (χ2v) is 2.55. The van der Waals surface area contributed by atoms with E-state index in [4.69, 9.17) is 0 Å². The molecule has 0 rings (SSSR count). The van der Waals surface area contributed by atoms with Crippen LogP contribution in [0.4, 0.5) is 0 Å². The third-order valence-corrected chi connectivity index (χ3v) is 3.02. The van der Waals surface area contributed by atoms with Crippen molar-refractivity contribution in [3.8, 4) is 0 Å². The molecule has 0 unspecified atom stereocenters. The zero-order valence-corrected chi connectivity index (χ0v) is 7.60. The predicted molar refractivity (Wildman–Crippen MR) is 38.4 cm³/mol. The summed E-state index contributed by atoms with van der Waals surface area (Å²) < 4.78 is 0.988. The van der Waals surface area contributed by atoms with Gasteiger partial charge in [-0.05, 0) is 15.9 Å². The topological polar surface area (TPSA) is 0 Å². The molecule has 0 spiro atoms. The highest BCUT2D eigenvalue weighted by Crippen LogP contribution is 2.08. The van der Waals surface area contributed by atoms with Crippen LogP contribution < -0.4 is 0 Å². The van der Waals surface area contributed by atoms with Gasteiger partial charge in [0.05, 0.1) is 0 Å². The molecular weight excluding hydrogens is 276 g/mol. The van der Waals surface area contributed by atoms with E-state index >= 15 is 0 Å². The summed E-state index contributed by atoms with van der Waals surface area (Å²) in [5.41, 5.74) is 0. The summed E-state index contributed by atoms with van der Waals surface area (Å²) in [7, 11) is 0. The lowest BCUT2D eigenvalue weighted by Crippen LogP contribution is -1.62. The maximum absolute atomic E-state index is 3.20. The number of allylic oxidation sites excluding steroid dienone is 1. The zero-order chi connectivity index (χ0) is 4.99. The second kappa shape index (κ2) is 4.34. The van der Waals surface area contributed by atoms with E-state index < -0.39 is 0 Å². The van der Waals surface area contributed by atoms with Crippen molar-refractivity contribution in [3.63, 3.8) is 0 Å². The minimum Gasteiger partial charge on any atom is -0.0870 e. The minimum atomic E-state index is 0.818. The second-order valence-electron chi connectivity index (χ2n) is 0.633. The summed E-state index contributed by atoms with van der Waals surface area (Å²) in [6.45, 7) is 0. The van der Waals surface area contributed by atoms with Crippen molar-refractivity contribution >= 4 is 47.8 Å². The molecule has 0 saturated heterocycles. The normalized spacial score (nSPS) is 12.2. The Morgan fingerprint density at radius 2 is 2.17 bits per heavy atom. The molecule has 0 aliphatic rings. The smallest absolute Gasteiger partial charge is 0.0435 e. The molecule has 6 heavy (non-hydrogen) atoms. The monoisotopic (exact) mass is 275 g/mol. The Balaban J connectivity index is 3.22. The van der Waals surface area contributed by atoms with E-state index in [9.17, 15) is 0 Å². The number of hydrogen-bond acceptors (Lipinski definition) is 0. The van der Waals surface area contributed by atoms with Gasteiger partial charge in [-0.3, -0.25) is 0 Å². The molecule has 0 atom stereocenters. The molecule has 3 heteroatoms. The predicted octanol–water partition coefficient (Wildman–Crippen LogP) is 2.82. The van der Waals surface area contributed by atoms with Gasteiger partial charge in [0.2, 0.25) is 0 Å². The summed E-state index contributed by atoms with van der Waals surface area (Å²) in [4.78, 5) is 2.71. The lowest BCUT2D eigenvalue weighted by molar-refractivity contribution is 1.79. The molecule has 0 aromatic carbocycles. The van der Waals surface area contributed by atoms with Gasteiger partial charge < -0.3 is 0 Å². The van der Waals surface area contributed by atoms with Crippen molar-refractivity contribution in [1.82, 2.24) is 0 Å². The Kier molecular flexibility index (Phi) is 5.20. The summed E-state index contributed by atoms with van der Waals surface area (Å²) in [6, 6.07) is 0. The van der Waals surface area contributed by atoms with Gasteiger partial charge >= 0.3 is 0 Å². The molecule has 0 nitrogen and oxygen atoms in total. The minimum absolute atomic E-state index is 0.818. The van der Waals surface area contributed by atoms with Gasteiger partial charge in [0.15, 0.2) is 0 Å². The van der Waals surface area contributed by atoms with Crippen LogP contribution in [-0.4, -0.2) is 5.33 Å². The summed E-state index contributed by atoms with van der Waals surface area (Å²) in [5.74, 6) is 0. The van der Waals surface area contributed by atoms with Crippen LogP contribution >= 0.6 is 47.8 Å². The molecule has 0 aromatic rings. The van der Waals surface area contributed by atoms with E-state index in [1.165, 1.54) is 0 Å². The molecule has 0 aliphatic heterocycles. The molecule has 0 aliphatic carbocycles. The largest absolute Gasteiger partial charge is 0.0870 e. The van der Waals surface area contributed by atoms with Crippen molar-refractivity contribution in [2.75, 3.05) is 5.33 Å². The Morgan fingerprint density at radius 1 is 1.67 bits per heavy atom. The molecule has 0 heterocycles. The Bertz CT molecular complexity index is 57.1. The van der Waals surface area contributed by atoms with Crippen LogP contribution in [0.3, 0.4) is 0 Å². The van der Waals surface area contributed by atoms with Crippen LogP contribution in [0.25, 0.3) is 0 Å². The maximum atomic E-state index is 3.20. The fourth-order valence-corrected chi connectivity index (χ4v) is 0.682. The van der Waals surface area contributed by atoms with Gasteiger partial charge in [-0.2, -0.15) is 0 Å². The fourth-order valence-electron chi connectivity index (χ4n) is 0.0253. The highest BCUT2D eigenvalue weighted by Gasteiger charge is 1.80. The van der Waals surface area contributed by atoms with Crippen LogP contribution in [0.2, 0.25) is 0 Å². The summed E-state index contributed by atoms with van der Waals surface area (Å²) in [6.07, 6.45) is 0. The lowest BCUT2D eigenvalue weighted by atomic mass is 10.8. The van der Waals surface area contributed by atoms with Crippen LogP contribution in [0.5, 0.6) is 0 Å². The summed E-state index contributed by atoms with van der Waals surface area (Å²) >= 11 is 9.40. The Hall–Kier alpha value is 1.18. The van der Waals surface area contributed by atoms with Crippen LogP contribution in [-0.2, 0) is 0 Å². The molecule has 35 valence electrons. The number of alkyl halides is 1. The van der Waals surface area contributed by atoms with E-state index in [1.807, 2.05) is 0 Å².